The van der Waals surface area contributed by atoms with Crippen LogP contribution >= 0.6 is 0 Å². The minimum absolute atomic E-state index is 0.162. The van der Waals surface area contributed by atoms with Gasteiger partial charge in [0.25, 0.3) is 0 Å². The molecule has 1 fully saturated rings. The Morgan fingerprint density at radius 1 is 1.27 bits per heavy atom. The van der Waals surface area contributed by atoms with Gasteiger partial charge in [-0.05, 0) is 25.0 Å². The molecule has 1 aromatic carbocycles. The lowest BCUT2D eigenvalue weighted by Gasteiger charge is -2.10. The molecule has 0 spiro atoms. The van der Waals surface area contributed by atoms with Crippen molar-refractivity contribution in [3.63, 3.8) is 0 Å². The molecule has 0 heterocycles. The number of hydrogen-bond donors (Lipinski definition) is 2. The van der Waals surface area contributed by atoms with Crippen LogP contribution in [-0.4, -0.2) is 16.2 Å². The summed E-state index contributed by atoms with van der Waals surface area (Å²) in [7, 11) is 0. The van der Waals surface area contributed by atoms with E-state index >= 15 is 0 Å². The van der Waals surface area contributed by atoms with Crippen LogP contribution in [0.3, 0.4) is 0 Å². The van der Waals surface area contributed by atoms with Gasteiger partial charge in [0.05, 0.1) is 11.2 Å². The summed E-state index contributed by atoms with van der Waals surface area (Å²) in [6, 6.07) is 1.36. The maximum absolute atomic E-state index is 13.3. The average Bonchev–Trinajstić information content (AvgIpc) is 2.88. The Hall–Kier alpha value is -1.49. The van der Waals surface area contributed by atoms with Crippen molar-refractivity contribution >= 4 is 5.97 Å². The number of carboxylic acid groups (broad SMARTS) is 1. The largest absolute Gasteiger partial charge is 0.478 e. The summed E-state index contributed by atoms with van der Waals surface area (Å²) in [4.78, 5) is 10.5. The molecule has 0 unspecified atom stereocenters. The van der Waals surface area contributed by atoms with E-state index in [4.69, 9.17) is 5.11 Å². The molecular formula is C10H8F2O3. The summed E-state index contributed by atoms with van der Waals surface area (Å²) in [6.45, 7) is 0. The van der Waals surface area contributed by atoms with Gasteiger partial charge in [-0.25, -0.2) is 13.6 Å². The topological polar surface area (TPSA) is 57.5 Å². The van der Waals surface area contributed by atoms with Gasteiger partial charge in [-0.1, -0.05) is 0 Å². The van der Waals surface area contributed by atoms with Crippen molar-refractivity contribution in [3.8, 4) is 0 Å². The molecule has 0 amide bonds. The molecule has 1 aromatic rings. The Bertz CT molecular complexity index is 439. The summed E-state index contributed by atoms with van der Waals surface area (Å²) < 4.78 is 26.5. The lowest BCUT2D eigenvalue weighted by molar-refractivity contribution is 0.0690. The Labute approximate surface area is 84.0 Å². The fraction of sp³-hybridized carbons (Fsp3) is 0.300. The number of carbonyl (C=O) groups is 1. The van der Waals surface area contributed by atoms with Gasteiger partial charge in [0.1, 0.15) is 11.6 Å². The number of hydrogen-bond acceptors (Lipinski definition) is 2. The quantitative estimate of drug-likeness (QED) is 0.786. The van der Waals surface area contributed by atoms with Crippen LogP contribution in [0, 0.1) is 11.6 Å². The Kier molecular flexibility index (Phi) is 2.01. The number of rotatable bonds is 2. The number of halogens is 2. The summed E-state index contributed by atoms with van der Waals surface area (Å²) in [6.07, 6.45) is 0.742. The Morgan fingerprint density at radius 3 is 2.33 bits per heavy atom. The minimum atomic E-state index is -1.53. The second-order valence-corrected chi connectivity index (χ2v) is 3.65. The molecule has 0 bridgehead atoms. The highest BCUT2D eigenvalue weighted by Crippen LogP contribution is 2.46. The van der Waals surface area contributed by atoms with Gasteiger partial charge in [-0.3, -0.25) is 0 Å². The van der Waals surface area contributed by atoms with Crippen LogP contribution in [0.15, 0.2) is 12.1 Å². The molecule has 0 radical (unpaired) electrons. The molecule has 1 aliphatic rings. The maximum atomic E-state index is 13.3. The zero-order valence-corrected chi connectivity index (χ0v) is 7.63. The van der Waals surface area contributed by atoms with Crippen LogP contribution in [0.25, 0.3) is 0 Å². The zero-order valence-electron chi connectivity index (χ0n) is 7.63. The van der Waals surface area contributed by atoms with Crippen LogP contribution < -0.4 is 0 Å². The fourth-order valence-corrected chi connectivity index (χ4v) is 1.46. The van der Waals surface area contributed by atoms with Crippen molar-refractivity contribution in [1.29, 1.82) is 0 Å². The monoisotopic (exact) mass is 214 g/mol. The third kappa shape index (κ3) is 1.59. The number of aliphatic hydroxyl groups is 1. The third-order valence-corrected chi connectivity index (χ3v) is 2.51. The van der Waals surface area contributed by atoms with Gasteiger partial charge in [-0.2, -0.15) is 0 Å². The van der Waals surface area contributed by atoms with Crippen LogP contribution in [0.5, 0.6) is 0 Å². The molecule has 0 aliphatic heterocycles. The van der Waals surface area contributed by atoms with Crippen LogP contribution in [0.2, 0.25) is 0 Å². The van der Waals surface area contributed by atoms with Crippen LogP contribution in [0.1, 0.15) is 28.8 Å². The molecule has 0 atom stereocenters. The van der Waals surface area contributed by atoms with Crippen LogP contribution in [-0.2, 0) is 5.60 Å². The molecule has 0 saturated heterocycles. The molecule has 80 valence electrons. The highest BCUT2D eigenvalue weighted by molar-refractivity contribution is 5.88. The predicted molar refractivity (Wildman–Crippen MR) is 46.4 cm³/mol. The number of benzene rings is 1. The molecule has 3 nitrogen and oxygen atoms in total. The first-order chi connectivity index (χ1) is 6.94. The molecule has 2 rings (SSSR count). The lowest BCUT2D eigenvalue weighted by Crippen LogP contribution is -2.11. The smallest absolute Gasteiger partial charge is 0.338 e. The van der Waals surface area contributed by atoms with Crippen molar-refractivity contribution < 1.29 is 23.8 Å². The van der Waals surface area contributed by atoms with Gasteiger partial charge in [0.15, 0.2) is 0 Å². The molecule has 1 aliphatic carbocycles. The van der Waals surface area contributed by atoms with E-state index in [0.717, 1.165) is 6.07 Å². The number of carboxylic acids is 1. The second kappa shape index (κ2) is 3.00. The Morgan fingerprint density at radius 2 is 1.87 bits per heavy atom. The molecule has 15 heavy (non-hydrogen) atoms. The fourth-order valence-electron chi connectivity index (χ4n) is 1.46. The van der Waals surface area contributed by atoms with Crippen molar-refractivity contribution in [2.24, 2.45) is 0 Å². The van der Waals surface area contributed by atoms with E-state index in [9.17, 15) is 18.7 Å². The average molecular weight is 214 g/mol. The molecule has 1 saturated carbocycles. The van der Waals surface area contributed by atoms with Gasteiger partial charge in [-0.15, -0.1) is 0 Å². The normalized spacial score (nSPS) is 17.5. The molecule has 0 aromatic heterocycles. The Balaban J connectivity index is 2.53. The predicted octanol–water partition coefficient (Wildman–Crippen LogP) is 1.64. The molecule has 2 N–H and O–H groups in total. The molecule has 5 heteroatoms. The van der Waals surface area contributed by atoms with E-state index in [1.165, 1.54) is 0 Å². The van der Waals surface area contributed by atoms with Gasteiger partial charge < -0.3 is 10.2 Å². The summed E-state index contributed by atoms with van der Waals surface area (Å²) in [5, 5.41) is 18.1. The summed E-state index contributed by atoms with van der Waals surface area (Å²) >= 11 is 0. The van der Waals surface area contributed by atoms with E-state index in [-0.39, 0.29) is 5.56 Å². The standard InChI is InChI=1S/C10H8F2O3/c11-7-4-6(10(15)1-2-10)8(12)3-5(7)9(13)14/h3-4,15H,1-2H2,(H,13,14). The SMILES string of the molecule is O=C(O)c1cc(F)c(C2(O)CC2)cc1F. The van der Waals surface area contributed by atoms with Gasteiger partial charge >= 0.3 is 5.97 Å². The van der Waals surface area contributed by atoms with Crippen molar-refractivity contribution in [2.45, 2.75) is 18.4 Å². The van der Waals surface area contributed by atoms with E-state index < -0.39 is 28.8 Å². The van der Waals surface area contributed by atoms with Gasteiger partial charge in [0, 0.05) is 5.56 Å². The van der Waals surface area contributed by atoms with Crippen LogP contribution in [0.4, 0.5) is 8.78 Å². The lowest BCUT2D eigenvalue weighted by atomic mass is 10.0. The minimum Gasteiger partial charge on any atom is -0.478 e. The third-order valence-electron chi connectivity index (χ3n) is 2.51. The maximum Gasteiger partial charge on any atom is 0.338 e. The number of aromatic carboxylic acids is 1. The van der Waals surface area contributed by atoms with E-state index in [0.29, 0.717) is 18.9 Å². The van der Waals surface area contributed by atoms with Crippen molar-refractivity contribution in [3.05, 3.63) is 34.9 Å². The van der Waals surface area contributed by atoms with E-state index in [2.05, 4.69) is 0 Å². The van der Waals surface area contributed by atoms with Gasteiger partial charge in [0.2, 0.25) is 0 Å². The van der Waals surface area contributed by atoms with Crippen molar-refractivity contribution in [1.82, 2.24) is 0 Å². The first-order valence-electron chi connectivity index (χ1n) is 4.39. The highest BCUT2D eigenvalue weighted by atomic mass is 19.1. The second-order valence-electron chi connectivity index (χ2n) is 3.65. The van der Waals surface area contributed by atoms with E-state index in [1.54, 1.807) is 0 Å². The first kappa shape index (κ1) is 10.0. The first-order valence-corrected chi connectivity index (χ1v) is 4.39. The molecular weight excluding hydrogens is 206 g/mol. The highest BCUT2D eigenvalue weighted by Gasteiger charge is 2.44. The zero-order chi connectivity index (χ0) is 11.2. The van der Waals surface area contributed by atoms with E-state index in [1.807, 2.05) is 0 Å². The summed E-state index contributed by atoms with van der Waals surface area (Å²) in [5.41, 5.74) is -2.19. The summed E-state index contributed by atoms with van der Waals surface area (Å²) in [5.74, 6) is -3.44. The van der Waals surface area contributed by atoms with Crippen molar-refractivity contribution in [2.75, 3.05) is 0 Å².